The lowest BCUT2D eigenvalue weighted by Crippen LogP contribution is -2.21. The first-order valence-corrected chi connectivity index (χ1v) is 9.10. The molecule has 29 heavy (non-hydrogen) atoms. The summed E-state index contributed by atoms with van der Waals surface area (Å²) >= 11 is 0. The Bertz CT molecular complexity index is 1120. The minimum Gasteiger partial charge on any atom is -0.496 e. The summed E-state index contributed by atoms with van der Waals surface area (Å²) in [7, 11) is 3.02. The fourth-order valence-electron chi connectivity index (χ4n) is 3.21. The standard InChI is InChI=1S/C22H23NO6/c1-12-17(11-20(25)23-15-7-5-6-14(8-15)13(2)24)22(26)29-19-10-16(27-3)9-18(28-4)21(12)19/h5-10,13,24H,11H2,1-4H3,(H,23,25)/t13-/m1/s1. The van der Waals surface area contributed by atoms with E-state index in [1.807, 2.05) is 0 Å². The van der Waals surface area contributed by atoms with Crippen LogP contribution in [0.2, 0.25) is 0 Å². The second kappa shape index (κ2) is 8.36. The molecule has 3 aromatic rings. The largest absolute Gasteiger partial charge is 0.496 e. The lowest BCUT2D eigenvalue weighted by Gasteiger charge is -2.13. The smallest absolute Gasteiger partial charge is 0.340 e. The van der Waals surface area contributed by atoms with Crippen LogP contribution < -0.4 is 20.4 Å². The number of nitrogens with one attached hydrogen (secondary N) is 1. The van der Waals surface area contributed by atoms with Crippen molar-refractivity contribution in [3.63, 3.8) is 0 Å². The van der Waals surface area contributed by atoms with Gasteiger partial charge in [-0.15, -0.1) is 0 Å². The lowest BCUT2D eigenvalue weighted by atomic mass is 10.0. The molecule has 0 unspecified atom stereocenters. The maximum atomic E-state index is 12.6. The summed E-state index contributed by atoms with van der Waals surface area (Å²) in [6.45, 7) is 3.40. The summed E-state index contributed by atoms with van der Waals surface area (Å²) in [5.41, 5.74) is 1.84. The van der Waals surface area contributed by atoms with E-state index < -0.39 is 11.7 Å². The molecule has 0 aliphatic heterocycles. The van der Waals surface area contributed by atoms with Crippen LogP contribution in [0.25, 0.3) is 11.0 Å². The van der Waals surface area contributed by atoms with Gasteiger partial charge in [-0.25, -0.2) is 4.79 Å². The highest BCUT2D eigenvalue weighted by molar-refractivity contribution is 5.94. The van der Waals surface area contributed by atoms with Crippen molar-refractivity contribution in [2.24, 2.45) is 0 Å². The first kappa shape index (κ1) is 20.4. The Hall–Kier alpha value is -3.32. The van der Waals surface area contributed by atoms with Gasteiger partial charge in [-0.1, -0.05) is 12.1 Å². The molecule has 1 amide bonds. The van der Waals surface area contributed by atoms with Crippen LogP contribution in [0, 0.1) is 6.92 Å². The molecular weight excluding hydrogens is 374 g/mol. The second-order valence-corrected chi connectivity index (χ2v) is 6.72. The van der Waals surface area contributed by atoms with Gasteiger partial charge in [0.15, 0.2) is 0 Å². The Labute approximate surface area is 167 Å². The molecule has 7 heteroatoms. The third-order valence-electron chi connectivity index (χ3n) is 4.76. The number of carbonyl (C=O) groups excluding carboxylic acids is 1. The zero-order valence-corrected chi connectivity index (χ0v) is 16.7. The molecule has 0 radical (unpaired) electrons. The molecule has 7 nitrogen and oxygen atoms in total. The summed E-state index contributed by atoms with van der Waals surface area (Å²) < 4.78 is 16.1. The lowest BCUT2D eigenvalue weighted by molar-refractivity contribution is -0.115. The van der Waals surface area contributed by atoms with Crippen molar-refractivity contribution < 1.29 is 23.8 Å². The molecule has 0 aliphatic carbocycles. The van der Waals surface area contributed by atoms with E-state index in [1.165, 1.54) is 14.2 Å². The van der Waals surface area contributed by atoms with Crippen molar-refractivity contribution >= 4 is 22.6 Å². The van der Waals surface area contributed by atoms with Gasteiger partial charge in [0, 0.05) is 17.8 Å². The summed E-state index contributed by atoms with van der Waals surface area (Å²) in [5, 5.41) is 13.1. The number of carbonyl (C=O) groups is 1. The maximum absolute atomic E-state index is 12.6. The normalized spacial score (nSPS) is 11.9. The highest BCUT2D eigenvalue weighted by Gasteiger charge is 2.19. The monoisotopic (exact) mass is 397 g/mol. The van der Waals surface area contributed by atoms with Gasteiger partial charge >= 0.3 is 5.63 Å². The average molecular weight is 397 g/mol. The highest BCUT2D eigenvalue weighted by atomic mass is 16.5. The first-order valence-electron chi connectivity index (χ1n) is 9.10. The van der Waals surface area contributed by atoms with Crippen molar-refractivity contribution in [1.82, 2.24) is 0 Å². The fraction of sp³-hybridized carbons (Fsp3) is 0.273. The number of hydrogen-bond donors (Lipinski definition) is 2. The van der Waals surface area contributed by atoms with Crippen molar-refractivity contribution in [2.75, 3.05) is 19.5 Å². The maximum Gasteiger partial charge on any atom is 0.340 e. The molecule has 2 N–H and O–H groups in total. The predicted octanol–water partition coefficient (Wildman–Crippen LogP) is 3.35. The minimum atomic E-state index is -0.647. The SMILES string of the molecule is COc1cc(OC)c2c(C)c(CC(=O)Nc3cccc([C@@H](C)O)c3)c(=O)oc2c1. The predicted molar refractivity (Wildman–Crippen MR) is 110 cm³/mol. The Morgan fingerprint density at radius 3 is 2.62 bits per heavy atom. The number of rotatable bonds is 6. The Kier molecular flexibility index (Phi) is 5.89. The van der Waals surface area contributed by atoms with Gasteiger partial charge in [-0.05, 0) is 37.1 Å². The minimum absolute atomic E-state index is 0.155. The van der Waals surface area contributed by atoms with Crippen LogP contribution in [-0.2, 0) is 11.2 Å². The van der Waals surface area contributed by atoms with Gasteiger partial charge in [-0.3, -0.25) is 4.79 Å². The molecule has 3 rings (SSSR count). The number of benzene rings is 2. The molecule has 0 aliphatic rings. The summed E-state index contributed by atoms with van der Waals surface area (Å²) in [5.74, 6) is 0.627. The van der Waals surface area contributed by atoms with Crippen LogP contribution in [0.5, 0.6) is 11.5 Å². The summed E-state index contributed by atoms with van der Waals surface area (Å²) in [4.78, 5) is 25.1. The third-order valence-corrected chi connectivity index (χ3v) is 4.76. The highest BCUT2D eigenvalue weighted by Crippen LogP contribution is 2.33. The van der Waals surface area contributed by atoms with E-state index in [0.717, 1.165) is 0 Å². The van der Waals surface area contributed by atoms with Crippen LogP contribution in [0.4, 0.5) is 5.69 Å². The van der Waals surface area contributed by atoms with Crippen molar-refractivity contribution in [3.8, 4) is 11.5 Å². The molecule has 2 aromatic carbocycles. The van der Waals surface area contributed by atoms with Crippen LogP contribution in [0.1, 0.15) is 29.7 Å². The topological polar surface area (TPSA) is 98.0 Å². The average Bonchev–Trinajstić information content (AvgIpc) is 2.70. The van der Waals surface area contributed by atoms with E-state index in [2.05, 4.69) is 5.32 Å². The van der Waals surface area contributed by atoms with E-state index in [4.69, 9.17) is 13.9 Å². The van der Waals surface area contributed by atoms with E-state index in [-0.39, 0.29) is 17.9 Å². The van der Waals surface area contributed by atoms with Gasteiger partial charge < -0.3 is 24.3 Å². The number of ether oxygens (including phenoxy) is 2. The zero-order valence-electron chi connectivity index (χ0n) is 16.7. The molecule has 1 heterocycles. The van der Waals surface area contributed by atoms with E-state index in [1.54, 1.807) is 50.2 Å². The second-order valence-electron chi connectivity index (χ2n) is 6.72. The van der Waals surface area contributed by atoms with Gasteiger partial charge in [0.2, 0.25) is 5.91 Å². The Morgan fingerprint density at radius 1 is 1.21 bits per heavy atom. The van der Waals surface area contributed by atoms with Gasteiger partial charge in [0.25, 0.3) is 0 Å². The van der Waals surface area contributed by atoms with Crippen LogP contribution in [-0.4, -0.2) is 25.2 Å². The molecule has 152 valence electrons. The molecule has 0 fully saturated rings. The summed E-state index contributed by atoms with van der Waals surface area (Å²) in [6, 6.07) is 10.2. The third kappa shape index (κ3) is 4.25. The van der Waals surface area contributed by atoms with Gasteiger partial charge in [-0.2, -0.15) is 0 Å². The van der Waals surface area contributed by atoms with Gasteiger partial charge in [0.05, 0.1) is 37.7 Å². The molecule has 0 bridgehead atoms. The zero-order chi connectivity index (χ0) is 21.1. The number of methoxy groups -OCH3 is 2. The molecule has 1 aromatic heterocycles. The molecule has 0 saturated heterocycles. The molecule has 0 spiro atoms. The number of aliphatic hydroxyl groups is 1. The summed E-state index contributed by atoms with van der Waals surface area (Å²) in [6.07, 6.45) is -0.802. The number of aryl methyl sites for hydroxylation is 1. The van der Waals surface area contributed by atoms with Crippen molar-refractivity contribution in [3.05, 3.63) is 63.5 Å². The van der Waals surface area contributed by atoms with Crippen LogP contribution in [0.15, 0.2) is 45.6 Å². The molecular formula is C22H23NO6. The quantitative estimate of drug-likeness (QED) is 0.619. The van der Waals surface area contributed by atoms with Crippen LogP contribution in [0.3, 0.4) is 0 Å². The first-order chi connectivity index (χ1) is 13.8. The molecule has 0 saturated carbocycles. The van der Waals surface area contributed by atoms with Crippen molar-refractivity contribution in [1.29, 1.82) is 0 Å². The van der Waals surface area contributed by atoms with E-state index in [9.17, 15) is 14.7 Å². The number of fused-ring (bicyclic) bond motifs is 1. The number of aliphatic hydroxyl groups excluding tert-OH is 1. The van der Waals surface area contributed by atoms with E-state index in [0.29, 0.717) is 39.3 Å². The number of amides is 1. The number of hydrogen-bond acceptors (Lipinski definition) is 6. The Balaban J connectivity index is 1.94. The fourth-order valence-corrected chi connectivity index (χ4v) is 3.21. The van der Waals surface area contributed by atoms with Crippen LogP contribution >= 0.6 is 0 Å². The van der Waals surface area contributed by atoms with Gasteiger partial charge in [0.1, 0.15) is 17.1 Å². The number of anilines is 1. The Morgan fingerprint density at radius 2 is 1.97 bits per heavy atom. The van der Waals surface area contributed by atoms with Crippen molar-refractivity contribution in [2.45, 2.75) is 26.4 Å². The van der Waals surface area contributed by atoms with E-state index >= 15 is 0 Å². The molecule has 1 atom stereocenters.